The number of nitrogens with zero attached hydrogens (tertiary/aromatic N) is 5. The third kappa shape index (κ3) is 3.68. The van der Waals surface area contributed by atoms with Crippen molar-refractivity contribution in [3.63, 3.8) is 0 Å². The van der Waals surface area contributed by atoms with Crippen molar-refractivity contribution in [2.75, 3.05) is 6.54 Å². The summed E-state index contributed by atoms with van der Waals surface area (Å²) in [5.41, 5.74) is 0.379. The Kier molecular flexibility index (Phi) is 4.65. The molecule has 1 heterocycles. The van der Waals surface area contributed by atoms with Crippen LogP contribution in [0.3, 0.4) is 0 Å². The summed E-state index contributed by atoms with van der Waals surface area (Å²) in [6.07, 6.45) is 3.05. The molecule has 1 unspecified atom stereocenters. The summed E-state index contributed by atoms with van der Waals surface area (Å²) in [4.78, 5) is 35.7. The summed E-state index contributed by atoms with van der Waals surface area (Å²) >= 11 is 0. The molecule has 0 saturated heterocycles. The van der Waals surface area contributed by atoms with E-state index in [0.717, 1.165) is 12.8 Å². The fraction of sp³-hybridized carbons (Fsp3) is 0.375. The number of carboxylic acids is 1. The first-order valence-corrected chi connectivity index (χ1v) is 8.07. The average Bonchev–Trinajstić information content (AvgIpc) is 3.34. The van der Waals surface area contributed by atoms with Gasteiger partial charge in [-0.25, -0.2) is 4.68 Å². The van der Waals surface area contributed by atoms with E-state index in [0.29, 0.717) is 5.69 Å². The molecule has 1 N–H and O–H groups in total. The summed E-state index contributed by atoms with van der Waals surface area (Å²) in [5, 5.41) is 27.7. The first kappa shape index (κ1) is 17.5. The van der Waals surface area contributed by atoms with E-state index in [1.807, 2.05) is 0 Å². The largest absolute Gasteiger partial charge is 0.481 e. The van der Waals surface area contributed by atoms with Gasteiger partial charge in [-0.2, -0.15) is 0 Å². The highest BCUT2D eigenvalue weighted by Gasteiger charge is 2.36. The van der Waals surface area contributed by atoms with Crippen molar-refractivity contribution in [2.24, 2.45) is 5.92 Å². The van der Waals surface area contributed by atoms with Gasteiger partial charge in [-0.05, 0) is 18.9 Å². The third-order valence-electron chi connectivity index (χ3n) is 4.16. The van der Waals surface area contributed by atoms with Gasteiger partial charge in [-0.15, -0.1) is 5.10 Å². The number of rotatable bonds is 7. The van der Waals surface area contributed by atoms with Crippen LogP contribution >= 0.6 is 0 Å². The smallest absolute Gasteiger partial charge is 0.308 e. The molecule has 1 aliphatic rings. The van der Waals surface area contributed by atoms with Crippen molar-refractivity contribution in [3.05, 3.63) is 46.3 Å². The van der Waals surface area contributed by atoms with Gasteiger partial charge < -0.3 is 10.0 Å². The molecule has 1 aliphatic carbocycles. The standard InChI is InChI=1S/C16H17N5O5/c1-10(16(23)24)8-19(11-5-6-11)15(22)14-9-20(18-17-14)12-3-2-4-13(7-12)21(25)26/h2-4,7,9-11H,5-6,8H2,1H3,(H,23,24). The fourth-order valence-corrected chi connectivity index (χ4v) is 2.54. The van der Waals surface area contributed by atoms with Crippen LogP contribution < -0.4 is 0 Å². The second kappa shape index (κ2) is 6.90. The van der Waals surface area contributed by atoms with Crippen molar-refractivity contribution in [2.45, 2.75) is 25.8 Å². The maximum Gasteiger partial charge on any atom is 0.308 e. The van der Waals surface area contributed by atoms with Crippen LogP contribution in [-0.2, 0) is 4.79 Å². The average molecular weight is 359 g/mol. The molecule has 10 heteroatoms. The molecule has 10 nitrogen and oxygen atoms in total. The van der Waals surface area contributed by atoms with Crippen LogP contribution in [0, 0.1) is 16.0 Å². The number of amides is 1. The fourth-order valence-electron chi connectivity index (χ4n) is 2.54. The van der Waals surface area contributed by atoms with Crippen molar-refractivity contribution in [1.82, 2.24) is 19.9 Å². The van der Waals surface area contributed by atoms with Crippen LogP contribution in [0.1, 0.15) is 30.3 Å². The molecule has 1 atom stereocenters. The highest BCUT2D eigenvalue weighted by Crippen LogP contribution is 2.29. The highest BCUT2D eigenvalue weighted by molar-refractivity contribution is 5.92. The highest BCUT2D eigenvalue weighted by atomic mass is 16.6. The predicted octanol–water partition coefficient (Wildman–Crippen LogP) is 1.50. The van der Waals surface area contributed by atoms with Gasteiger partial charge in [0, 0.05) is 24.7 Å². The lowest BCUT2D eigenvalue weighted by Crippen LogP contribution is -2.38. The Hall–Kier alpha value is -3.30. The molecule has 0 radical (unpaired) electrons. The minimum atomic E-state index is -0.969. The van der Waals surface area contributed by atoms with Crippen molar-refractivity contribution in [3.8, 4) is 5.69 Å². The van der Waals surface area contributed by atoms with Crippen LogP contribution in [-0.4, -0.2) is 54.4 Å². The Morgan fingerprint density at radius 1 is 1.46 bits per heavy atom. The Morgan fingerprint density at radius 2 is 2.19 bits per heavy atom. The van der Waals surface area contributed by atoms with E-state index in [1.165, 1.54) is 34.0 Å². The zero-order chi connectivity index (χ0) is 18.8. The normalized spacial score (nSPS) is 14.7. The van der Waals surface area contributed by atoms with E-state index in [9.17, 15) is 19.7 Å². The summed E-state index contributed by atoms with van der Waals surface area (Å²) in [6.45, 7) is 1.65. The number of benzene rings is 1. The third-order valence-corrected chi connectivity index (χ3v) is 4.16. The summed E-state index contributed by atoms with van der Waals surface area (Å²) in [6, 6.07) is 5.83. The van der Waals surface area contributed by atoms with Crippen LogP contribution in [0.25, 0.3) is 5.69 Å². The number of aliphatic carboxylic acids is 1. The molecule has 1 fully saturated rings. The van der Waals surface area contributed by atoms with E-state index >= 15 is 0 Å². The van der Waals surface area contributed by atoms with Crippen LogP contribution in [0.2, 0.25) is 0 Å². The number of aromatic nitrogens is 3. The molecule has 1 amide bonds. The van der Waals surface area contributed by atoms with Crippen LogP contribution in [0.4, 0.5) is 5.69 Å². The Bertz CT molecular complexity index is 860. The molecule has 0 aliphatic heterocycles. The number of nitro benzene ring substituents is 1. The number of carbonyl (C=O) groups is 2. The minimum Gasteiger partial charge on any atom is -0.481 e. The predicted molar refractivity (Wildman–Crippen MR) is 88.9 cm³/mol. The Balaban J connectivity index is 1.81. The number of carboxylic acid groups (broad SMARTS) is 1. The number of hydrogen-bond donors (Lipinski definition) is 1. The van der Waals surface area contributed by atoms with Crippen molar-refractivity contribution in [1.29, 1.82) is 0 Å². The van der Waals surface area contributed by atoms with E-state index in [-0.39, 0.29) is 24.0 Å². The molecule has 2 aromatic rings. The molecule has 1 aromatic carbocycles. The number of hydrogen-bond acceptors (Lipinski definition) is 6. The van der Waals surface area contributed by atoms with Crippen LogP contribution in [0.5, 0.6) is 0 Å². The summed E-state index contributed by atoms with van der Waals surface area (Å²) in [7, 11) is 0. The molecular weight excluding hydrogens is 342 g/mol. The van der Waals surface area contributed by atoms with Gasteiger partial charge in [0.05, 0.1) is 22.7 Å². The molecule has 26 heavy (non-hydrogen) atoms. The van der Waals surface area contributed by atoms with E-state index in [4.69, 9.17) is 5.11 Å². The van der Waals surface area contributed by atoms with Gasteiger partial charge in [0.25, 0.3) is 11.6 Å². The van der Waals surface area contributed by atoms with Crippen LogP contribution in [0.15, 0.2) is 30.5 Å². The van der Waals surface area contributed by atoms with E-state index < -0.39 is 22.7 Å². The van der Waals surface area contributed by atoms with Gasteiger partial charge in [-0.3, -0.25) is 19.7 Å². The van der Waals surface area contributed by atoms with E-state index in [1.54, 1.807) is 13.0 Å². The second-order valence-electron chi connectivity index (χ2n) is 6.25. The topological polar surface area (TPSA) is 131 Å². The molecule has 0 bridgehead atoms. The number of nitro groups is 1. The van der Waals surface area contributed by atoms with E-state index in [2.05, 4.69) is 10.3 Å². The van der Waals surface area contributed by atoms with Gasteiger partial charge in [0.2, 0.25) is 0 Å². The maximum atomic E-state index is 12.7. The molecule has 136 valence electrons. The zero-order valence-electron chi connectivity index (χ0n) is 14.0. The lowest BCUT2D eigenvalue weighted by molar-refractivity contribution is -0.384. The second-order valence-corrected chi connectivity index (χ2v) is 6.25. The lowest BCUT2D eigenvalue weighted by Gasteiger charge is -2.23. The van der Waals surface area contributed by atoms with Crippen molar-refractivity contribution < 1.29 is 19.6 Å². The Labute approximate surface area is 148 Å². The number of non-ortho nitro benzene ring substituents is 1. The van der Waals surface area contributed by atoms with Gasteiger partial charge in [-0.1, -0.05) is 18.2 Å². The maximum absolute atomic E-state index is 12.7. The summed E-state index contributed by atoms with van der Waals surface area (Å²) in [5.74, 6) is -2.05. The molecule has 1 aromatic heterocycles. The molecule has 3 rings (SSSR count). The first-order valence-electron chi connectivity index (χ1n) is 8.07. The molecule has 0 spiro atoms. The monoisotopic (exact) mass is 359 g/mol. The Morgan fingerprint density at radius 3 is 2.81 bits per heavy atom. The first-order chi connectivity index (χ1) is 12.4. The van der Waals surface area contributed by atoms with Gasteiger partial charge in [0.1, 0.15) is 0 Å². The SMILES string of the molecule is CC(CN(C(=O)c1cn(-c2cccc([N+](=O)[O-])c2)nn1)C1CC1)C(=O)O. The zero-order valence-corrected chi connectivity index (χ0v) is 14.0. The van der Waals surface area contributed by atoms with Gasteiger partial charge >= 0.3 is 5.97 Å². The quantitative estimate of drug-likeness (QED) is 0.585. The minimum absolute atomic E-state index is 0.0206. The number of carbonyl (C=O) groups excluding carboxylic acids is 1. The van der Waals surface area contributed by atoms with Crippen molar-refractivity contribution >= 4 is 17.6 Å². The lowest BCUT2D eigenvalue weighted by atomic mass is 10.1. The molecule has 1 saturated carbocycles. The molecular formula is C16H17N5O5. The van der Waals surface area contributed by atoms with Gasteiger partial charge in [0.15, 0.2) is 5.69 Å². The summed E-state index contributed by atoms with van der Waals surface area (Å²) < 4.78 is 1.28.